The van der Waals surface area contributed by atoms with E-state index in [0.717, 1.165) is 19.3 Å². The maximum atomic E-state index is 11.9. The maximum Gasteiger partial charge on any atom is 0.379 e. The van der Waals surface area contributed by atoms with Crippen LogP contribution in [0.1, 0.15) is 84.0 Å². The van der Waals surface area contributed by atoms with Crippen LogP contribution >= 0.6 is 0 Å². The van der Waals surface area contributed by atoms with Crippen LogP contribution in [0.4, 0.5) is 0 Å². The van der Waals surface area contributed by atoms with Crippen LogP contribution in [-0.2, 0) is 23.9 Å². The molecule has 27 heavy (non-hydrogen) atoms. The van der Waals surface area contributed by atoms with Crippen molar-refractivity contribution in [3.8, 4) is 0 Å². The average molecular weight is 386 g/mol. The number of carbonyl (C=O) groups excluding carboxylic acids is 3. The van der Waals surface area contributed by atoms with Crippen molar-refractivity contribution < 1.29 is 34.1 Å². The van der Waals surface area contributed by atoms with E-state index in [4.69, 9.17) is 9.84 Å². The van der Waals surface area contributed by atoms with Crippen LogP contribution in [0.2, 0.25) is 0 Å². The summed E-state index contributed by atoms with van der Waals surface area (Å²) < 4.78 is 9.69. The van der Waals surface area contributed by atoms with Gasteiger partial charge in [0.25, 0.3) is 5.78 Å². The molecule has 156 valence electrons. The number of hydrogen-bond donors (Lipinski definition) is 2. The molecule has 0 amide bonds. The molecule has 0 saturated carbocycles. The van der Waals surface area contributed by atoms with Gasteiger partial charge in [0.1, 0.15) is 6.10 Å². The zero-order valence-electron chi connectivity index (χ0n) is 16.4. The zero-order chi connectivity index (χ0) is 20.1. The van der Waals surface area contributed by atoms with E-state index in [2.05, 4.69) is 11.7 Å². The first-order chi connectivity index (χ1) is 13.0. The number of rotatable bonds is 15. The van der Waals surface area contributed by atoms with Crippen molar-refractivity contribution in [2.75, 3.05) is 6.61 Å². The van der Waals surface area contributed by atoms with Crippen LogP contribution < -0.4 is 0 Å². The van der Waals surface area contributed by atoms with Gasteiger partial charge in [-0.1, -0.05) is 71.1 Å². The van der Waals surface area contributed by atoms with Crippen LogP contribution in [0, 0.1) is 0 Å². The van der Waals surface area contributed by atoms with Crippen molar-refractivity contribution in [1.82, 2.24) is 0 Å². The van der Waals surface area contributed by atoms with Crippen molar-refractivity contribution in [2.24, 2.45) is 0 Å². The highest BCUT2D eigenvalue weighted by Gasteiger charge is 2.49. The van der Waals surface area contributed by atoms with E-state index in [9.17, 15) is 19.5 Å². The van der Waals surface area contributed by atoms with Gasteiger partial charge in [-0.15, -0.1) is 0 Å². The highest BCUT2D eigenvalue weighted by atomic mass is 16.6. The van der Waals surface area contributed by atoms with Gasteiger partial charge in [0, 0.05) is 6.42 Å². The lowest BCUT2D eigenvalue weighted by Gasteiger charge is -2.20. The number of carbonyl (C=O) groups is 3. The molecule has 0 aromatic heterocycles. The van der Waals surface area contributed by atoms with E-state index in [1.165, 1.54) is 44.9 Å². The summed E-state index contributed by atoms with van der Waals surface area (Å²) in [4.78, 5) is 34.9. The number of unbranched alkanes of at least 4 members (excludes halogenated alkanes) is 10. The smallest absolute Gasteiger partial charge is 0.379 e. The zero-order valence-corrected chi connectivity index (χ0v) is 16.4. The summed E-state index contributed by atoms with van der Waals surface area (Å²) in [6, 6.07) is 0. The summed E-state index contributed by atoms with van der Waals surface area (Å²) in [5.41, 5.74) is 0. The second-order valence-electron chi connectivity index (χ2n) is 7.18. The predicted molar refractivity (Wildman–Crippen MR) is 98.9 cm³/mol. The quantitative estimate of drug-likeness (QED) is 0.253. The number of hydrogen-bond acceptors (Lipinski definition) is 7. The van der Waals surface area contributed by atoms with Crippen LogP contribution in [0.5, 0.6) is 0 Å². The number of aliphatic hydroxyl groups is 2. The fourth-order valence-corrected chi connectivity index (χ4v) is 3.15. The van der Waals surface area contributed by atoms with Gasteiger partial charge in [-0.25, -0.2) is 4.79 Å². The van der Waals surface area contributed by atoms with E-state index in [-0.39, 0.29) is 6.42 Å². The second-order valence-corrected chi connectivity index (χ2v) is 7.18. The van der Waals surface area contributed by atoms with Crippen LogP contribution in [0.25, 0.3) is 0 Å². The van der Waals surface area contributed by atoms with Crippen molar-refractivity contribution in [2.45, 2.75) is 102 Å². The largest absolute Gasteiger partial charge is 0.450 e. The molecule has 1 rings (SSSR count). The molecule has 0 aromatic rings. The van der Waals surface area contributed by atoms with Gasteiger partial charge < -0.3 is 19.7 Å². The first-order valence-electron chi connectivity index (χ1n) is 10.2. The Balaban J connectivity index is 2.11. The van der Waals surface area contributed by atoms with E-state index in [0.29, 0.717) is 6.42 Å². The van der Waals surface area contributed by atoms with E-state index in [1.807, 2.05) is 0 Å². The van der Waals surface area contributed by atoms with E-state index in [1.54, 1.807) is 0 Å². The molecule has 0 radical (unpaired) electrons. The van der Waals surface area contributed by atoms with Gasteiger partial charge in [0.2, 0.25) is 6.10 Å². The summed E-state index contributed by atoms with van der Waals surface area (Å²) in [5, 5.41) is 18.5. The summed E-state index contributed by atoms with van der Waals surface area (Å²) >= 11 is 0. The fraction of sp³-hybridized carbons (Fsp3) is 0.850. The molecule has 1 unspecified atom stereocenters. The summed E-state index contributed by atoms with van der Waals surface area (Å²) in [7, 11) is 0. The minimum atomic E-state index is -1.47. The minimum absolute atomic E-state index is 0.150. The fourth-order valence-electron chi connectivity index (χ4n) is 3.15. The van der Waals surface area contributed by atoms with Gasteiger partial charge in [0.15, 0.2) is 6.10 Å². The molecule has 3 atom stereocenters. The van der Waals surface area contributed by atoms with Gasteiger partial charge in [-0.05, 0) is 6.42 Å². The lowest BCUT2D eigenvalue weighted by molar-refractivity contribution is -0.160. The Morgan fingerprint density at radius 3 is 2.04 bits per heavy atom. The molecule has 0 aliphatic carbocycles. The second kappa shape index (κ2) is 13.7. The Morgan fingerprint density at radius 1 is 1.00 bits per heavy atom. The monoisotopic (exact) mass is 386 g/mol. The maximum absolute atomic E-state index is 11.9. The van der Waals surface area contributed by atoms with Gasteiger partial charge in [0.05, 0.1) is 6.61 Å². The number of cyclic esters (lactones) is 1. The number of ether oxygens (including phenoxy) is 2. The van der Waals surface area contributed by atoms with E-state index < -0.39 is 42.6 Å². The minimum Gasteiger partial charge on any atom is -0.450 e. The lowest BCUT2D eigenvalue weighted by atomic mass is 10.1. The first-order valence-corrected chi connectivity index (χ1v) is 10.2. The third-order valence-electron chi connectivity index (χ3n) is 4.81. The molecule has 1 heterocycles. The van der Waals surface area contributed by atoms with Crippen molar-refractivity contribution in [3.63, 3.8) is 0 Å². The third-order valence-corrected chi connectivity index (χ3v) is 4.81. The van der Waals surface area contributed by atoms with Crippen LogP contribution in [-0.4, -0.2) is 52.9 Å². The molecule has 1 fully saturated rings. The molecule has 0 bridgehead atoms. The normalized spacial score (nSPS) is 20.6. The van der Waals surface area contributed by atoms with Crippen molar-refractivity contribution in [3.05, 3.63) is 0 Å². The third kappa shape index (κ3) is 8.84. The van der Waals surface area contributed by atoms with Crippen LogP contribution in [0.15, 0.2) is 0 Å². The molecule has 1 aliphatic rings. The summed E-state index contributed by atoms with van der Waals surface area (Å²) in [5.74, 6) is -2.75. The van der Waals surface area contributed by atoms with E-state index >= 15 is 0 Å². The Hall–Kier alpha value is -1.47. The molecule has 0 aromatic carbocycles. The van der Waals surface area contributed by atoms with Gasteiger partial charge in [-0.3, -0.25) is 9.59 Å². The molecule has 7 nitrogen and oxygen atoms in total. The highest BCUT2D eigenvalue weighted by Crippen LogP contribution is 2.20. The molecule has 7 heteroatoms. The molecular formula is C20H34O7. The van der Waals surface area contributed by atoms with Crippen molar-refractivity contribution >= 4 is 17.7 Å². The Labute approximate surface area is 161 Å². The SMILES string of the molecule is CCCCCCCCCCCCCC(=O)OC1C(=O)C(=O)O[C@@H]1[C@@H](O)CO. The molecule has 0 spiro atoms. The molecular weight excluding hydrogens is 352 g/mol. The number of esters is 2. The first kappa shape index (κ1) is 23.6. The number of ketones is 1. The lowest BCUT2D eigenvalue weighted by Crippen LogP contribution is -2.41. The Morgan fingerprint density at radius 2 is 1.52 bits per heavy atom. The van der Waals surface area contributed by atoms with Gasteiger partial charge in [-0.2, -0.15) is 0 Å². The molecule has 1 saturated heterocycles. The van der Waals surface area contributed by atoms with Crippen molar-refractivity contribution in [1.29, 1.82) is 0 Å². The topological polar surface area (TPSA) is 110 Å². The average Bonchev–Trinajstić information content (AvgIpc) is 2.93. The molecule has 2 N–H and O–H groups in total. The number of Topliss-reactive ketones (excluding diaryl/α,β-unsaturated/α-hetero) is 1. The van der Waals surface area contributed by atoms with Gasteiger partial charge >= 0.3 is 11.9 Å². The summed E-state index contributed by atoms with van der Waals surface area (Å²) in [6.07, 6.45) is 8.65. The standard InChI is InChI=1S/C20H34O7/c1-2-3-4-5-6-7-8-9-10-11-12-13-16(23)26-19-17(24)20(25)27-18(19)15(22)14-21/h15,18-19,21-22H,2-14H2,1H3/t15-,18+,19?/m0/s1. The molecule has 1 aliphatic heterocycles. The predicted octanol–water partition coefficient (Wildman–Crippen LogP) is 2.45. The summed E-state index contributed by atoms with van der Waals surface area (Å²) in [6.45, 7) is 1.52. The Bertz CT molecular complexity index is 463. The number of aliphatic hydroxyl groups excluding tert-OH is 2. The Kier molecular flexibility index (Phi) is 11.9. The van der Waals surface area contributed by atoms with Crippen LogP contribution in [0.3, 0.4) is 0 Å². The highest BCUT2D eigenvalue weighted by molar-refractivity contribution is 6.37.